The predicted molar refractivity (Wildman–Crippen MR) is 136 cm³/mol. The van der Waals surface area contributed by atoms with Crippen LogP contribution in [0.3, 0.4) is 0 Å². The topological polar surface area (TPSA) is 89.2 Å². The lowest BCUT2D eigenvalue weighted by molar-refractivity contribution is -0.126. The van der Waals surface area contributed by atoms with Crippen LogP contribution in [0.15, 0.2) is 47.2 Å². The lowest BCUT2D eigenvalue weighted by Crippen LogP contribution is -2.59. The van der Waals surface area contributed by atoms with Crippen molar-refractivity contribution in [3.05, 3.63) is 65.9 Å². The van der Waals surface area contributed by atoms with Crippen LogP contribution in [0.2, 0.25) is 0 Å². The van der Waals surface area contributed by atoms with Gasteiger partial charge < -0.3 is 9.42 Å². The first-order chi connectivity index (χ1) is 18.0. The zero-order chi connectivity index (χ0) is 27.1. The van der Waals surface area contributed by atoms with Gasteiger partial charge in [0.15, 0.2) is 11.5 Å². The highest BCUT2D eigenvalue weighted by Crippen LogP contribution is 2.51. The van der Waals surface area contributed by atoms with Crippen LogP contribution in [-0.2, 0) is 10.2 Å². The highest BCUT2D eigenvalue weighted by molar-refractivity contribution is 5.96. The Bertz CT molecular complexity index is 1340. The molecular weight excluding hydrogens is 490 g/mol. The molecule has 1 aromatic carbocycles. The summed E-state index contributed by atoms with van der Waals surface area (Å²) in [7, 11) is 0. The summed E-state index contributed by atoms with van der Waals surface area (Å²) in [5.41, 5.74) is -0.614. The number of carbonyl (C=O) groups is 2. The molecule has 2 aromatic heterocycles. The lowest BCUT2D eigenvalue weighted by atomic mass is 9.70. The van der Waals surface area contributed by atoms with Gasteiger partial charge in [-0.3, -0.25) is 9.59 Å². The number of halogens is 2. The van der Waals surface area contributed by atoms with Gasteiger partial charge in [-0.1, -0.05) is 25.9 Å². The van der Waals surface area contributed by atoms with Crippen LogP contribution in [0.1, 0.15) is 69.2 Å². The summed E-state index contributed by atoms with van der Waals surface area (Å²) >= 11 is 0. The maximum atomic E-state index is 14.2. The predicted octanol–water partition coefficient (Wildman–Crippen LogP) is 5.41. The molecule has 0 N–H and O–H groups in total. The summed E-state index contributed by atoms with van der Waals surface area (Å²) in [4.78, 5) is 37.7. The first-order valence-electron chi connectivity index (χ1n) is 12.9. The molecule has 200 valence electrons. The molecule has 0 radical (unpaired) electrons. The second kappa shape index (κ2) is 9.76. The quantitative estimate of drug-likeness (QED) is 0.329. The van der Waals surface area contributed by atoms with Crippen LogP contribution < -0.4 is 0 Å². The molecular formula is C29H32F2N4O3. The summed E-state index contributed by atoms with van der Waals surface area (Å²) < 4.78 is 32.7. The number of rotatable bonds is 10. The van der Waals surface area contributed by atoms with Gasteiger partial charge in [-0.25, -0.2) is 18.7 Å². The van der Waals surface area contributed by atoms with Gasteiger partial charge in [0.2, 0.25) is 0 Å². The minimum absolute atomic E-state index is 0.0284. The van der Waals surface area contributed by atoms with Crippen LogP contribution in [0.5, 0.6) is 0 Å². The molecule has 9 heteroatoms. The molecule has 2 fully saturated rings. The fraction of sp³-hybridized carbons (Fsp3) is 0.483. The van der Waals surface area contributed by atoms with Crippen molar-refractivity contribution >= 4 is 11.6 Å². The SMILES string of the molecule is CC(C)(C)CN1CC(CC(=O)CC2(c3ncccn3)CC2)(CC(=O)c2cc(-c3ccc(F)cc3F)on2)C1. The summed E-state index contributed by atoms with van der Waals surface area (Å²) in [5.74, 6) is -0.895. The Hall–Kier alpha value is -3.33. The van der Waals surface area contributed by atoms with E-state index in [9.17, 15) is 18.4 Å². The first kappa shape index (κ1) is 26.3. The van der Waals surface area contributed by atoms with E-state index in [0.717, 1.165) is 31.5 Å². The smallest absolute Gasteiger partial charge is 0.185 e. The number of benzene rings is 1. The molecule has 5 rings (SSSR count). The number of nitrogens with zero attached hydrogens (tertiary/aromatic N) is 4. The third-order valence-electron chi connectivity index (χ3n) is 7.35. The van der Waals surface area contributed by atoms with Crippen molar-refractivity contribution in [1.29, 1.82) is 0 Å². The Morgan fingerprint density at radius 3 is 2.37 bits per heavy atom. The summed E-state index contributed by atoms with van der Waals surface area (Å²) in [5, 5.41) is 3.87. The van der Waals surface area contributed by atoms with Gasteiger partial charge in [-0.2, -0.15) is 0 Å². The summed E-state index contributed by atoms with van der Waals surface area (Å²) in [6.07, 6.45) is 5.95. The average molecular weight is 523 g/mol. The van der Waals surface area contributed by atoms with Crippen molar-refractivity contribution in [2.75, 3.05) is 19.6 Å². The second-order valence-corrected chi connectivity index (χ2v) is 12.3. The van der Waals surface area contributed by atoms with Crippen molar-refractivity contribution in [3.63, 3.8) is 0 Å². The molecule has 1 aliphatic heterocycles. The maximum absolute atomic E-state index is 14.2. The van der Waals surface area contributed by atoms with E-state index in [0.29, 0.717) is 25.3 Å². The highest BCUT2D eigenvalue weighted by atomic mass is 19.1. The van der Waals surface area contributed by atoms with E-state index in [2.05, 4.69) is 40.8 Å². The van der Waals surface area contributed by atoms with Gasteiger partial charge in [0.25, 0.3) is 0 Å². The van der Waals surface area contributed by atoms with E-state index in [4.69, 9.17) is 4.52 Å². The molecule has 1 saturated carbocycles. The van der Waals surface area contributed by atoms with Crippen LogP contribution in [0, 0.1) is 22.5 Å². The fourth-order valence-corrected chi connectivity index (χ4v) is 5.69. The molecule has 1 aliphatic carbocycles. The van der Waals surface area contributed by atoms with E-state index in [1.165, 1.54) is 12.1 Å². The molecule has 0 atom stereocenters. The molecule has 38 heavy (non-hydrogen) atoms. The van der Waals surface area contributed by atoms with E-state index < -0.39 is 17.0 Å². The van der Waals surface area contributed by atoms with E-state index >= 15 is 0 Å². The Kier molecular flexibility index (Phi) is 6.75. The number of hydrogen-bond donors (Lipinski definition) is 0. The first-order valence-corrected chi connectivity index (χ1v) is 12.9. The van der Waals surface area contributed by atoms with Crippen molar-refractivity contribution in [3.8, 4) is 11.3 Å². The number of Topliss-reactive ketones (excluding diaryl/α,β-unsaturated/α-hetero) is 2. The summed E-state index contributed by atoms with van der Waals surface area (Å²) in [6.45, 7) is 8.60. The van der Waals surface area contributed by atoms with E-state index in [-0.39, 0.29) is 52.3 Å². The molecule has 3 heterocycles. The number of ketones is 2. The van der Waals surface area contributed by atoms with Gasteiger partial charge in [0, 0.05) is 74.3 Å². The molecule has 2 aliphatic rings. The van der Waals surface area contributed by atoms with Gasteiger partial charge in [0.05, 0.1) is 5.56 Å². The number of carbonyl (C=O) groups excluding carboxylic acids is 2. The fourth-order valence-electron chi connectivity index (χ4n) is 5.69. The monoisotopic (exact) mass is 522 g/mol. The Morgan fingerprint density at radius 1 is 1.03 bits per heavy atom. The van der Waals surface area contributed by atoms with Gasteiger partial charge in [0.1, 0.15) is 28.9 Å². The molecule has 1 saturated heterocycles. The van der Waals surface area contributed by atoms with Crippen LogP contribution in [0.4, 0.5) is 8.78 Å². The van der Waals surface area contributed by atoms with Crippen LogP contribution >= 0.6 is 0 Å². The molecule has 0 unspecified atom stereocenters. The maximum Gasteiger partial charge on any atom is 0.185 e. The van der Waals surface area contributed by atoms with Crippen LogP contribution in [-0.4, -0.2) is 51.2 Å². The number of likely N-dealkylation sites (tertiary alicyclic amines) is 1. The molecule has 0 spiro atoms. The minimum atomic E-state index is -0.796. The van der Waals surface area contributed by atoms with Crippen LogP contribution in [0.25, 0.3) is 11.3 Å². The van der Waals surface area contributed by atoms with Gasteiger partial charge in [-0.15, -0.1) is 0 Å². The van der Waals surface area contributed by atoms with Crippen molar-refractivity contribution in [2.45, 2.75) is 58.3 Å². The second-order valence-electron chi connectivity index (χ2n) is 12.3. The van der Waals surface area contributed by atoms with E-state index in [1.807, 2.05) is 0 Å². The zero-order valence-corrected chi connectivity index (χ0v) is 22.0. The Balaban J connectivity index is 1.30. The third kappa shape index (κ3) is 5.72. The Labute approximate surface area is 220 Å². The van der Waals surface area contributed by atoms with Crippen molar-refractivity contribution in [2.24, 2.45) is 10.8 Å². The zero-order valence-electron chi connectivity index (χ0n) is 22.0. The standard InChI is InChI=1S/C29H32F2N4O3/c1-27(2,3)16-35-17-28(18-35,13-20(36)14-29(7-8-29)26-32-9-4-10-33-26)15-24(37)23-12-25(38-34-23)21-6-5-19(30)11-22(21)31/h4-6,9-12H,7-8,13-18H2,1-3H3. The average Bonchev–Trinajstić information content (AvgIpc) is 3.42. The van der Waals surface area contributed by atoms with Crippen molar-refractivity contribution in [1.82, 2.24) is 20.0 Å². The normalized spacial score (nSPS) is 18.1. The lowest BCUT2D eigenvalue weighted by Gasteiger charge is -2.52. The Morgan fingerprint density at radius 2 is 1.74 bits per heavy atom. The van der Waals surface area contributed by atoms with Gasteiger partial charge in [-0.05, 0) is 36.5 Å². The largest absolute Gasteiger partial charge is 0.355 e. The van der Waals surface area contributed by atoms with Gasteiger partial charge >= 0.3 is 0 Å². The molecule has 3 aromatic rings. The minimum Gasteiger partial charge on any atom is -0.355 e. The van der Waals surface area contributed by atoms with Crippen molar-refractivity contribution < 1.29 is 22.9 Å². The molecule has 0 amide bonds. The number of hydrogen-bond acceptors (Lipinski definition) is 7. The number of aromatic nitrogens is 3. The molecule has 7 nitrogen and oxygen atoms in total. The third-order valence-corrected chi connectivity index (χ3v) is 7.35. The van der Waals surface area contributed by atoms with E-state index in [1.54, 1.807) is 18.5 Å². The summed E-state index contributed by atoms with van der Waals surface area (Å²) in [6, 6.07) is 6.27. The highest BCUT2D eigenvalue weighted by Gasteiger charge is 2.51. The molecule has 0 bridgehead atoms.